The number of aldehydes is 1. The summed E-state index contributed by atoms with van der Waals surface area (Å²) in [7, 11) is 0. The first kappa shape index (κ1) is 3.77. The van der Waals surface area contributed by atoms with Crippen molar-refractivity contribution in [2.24, 2.45) is 0 Å². The molecule has 0 rings (SSSR count). The van der Waals surface area contributed by atoms with E-state index >= 15 is 0 Å². The predicted octanol–water partition coefficient (Wildman–Crippen LogP) is -2.74. The molecule has 4 N–H and O–H groups in total. The molecule has 0 spiro atoms. The molecule has 0 saturated heterocycles. The molecule has 0 saturated carbocycles. The predicted molar refractivity (Wildman–Crippen MR) is 31.2 cm³/mol. The van der Waals surface area contributed by atoms with Crippen LogP contribution in [0.15, 0.2) is 0 Å². The van der Waals surface area contributed by atoms with Gasteiger partial charge < -0.3 is 25.2 Å². The van der Waals surface area contributed by atoms with E-state index in [4.69, 9.17) is 27.3 Å². The van der Waals surface area contributed by atoms with Crippen LogP contribution in [0, 0.1) is 0 Å². The van der Waals surface area contributed by atoms with Crippen molar-refractivity contribution in [2.45, 2.75) is 18.2 Å². The van der Waals surface area contributed by atoms with E-state index in [-0.39, 0.29) is 0 Å². The molecule has 10 heavy (non-hydrogen) atoms. The highest BCUT2D eigenvalue weighted by atomic mass is 16.4. The Kier molecular flexibility index (Phi) is 1.64. The normalized spacial score (nSPS) is 39.4. The number of carbonyl (C=O) groups is 1. The lowest BCUT2D eigenvalue weighted by molar-refractivity contribution is -0.127. The molecule has 0 aromatic heterocycles. The molecular formula is C5H10O5. The second-order valence-electron chi connectivity index (χ2n) is 1.31. The van der Waals surface area contributed by atoms with Gasteiger partial charge in [0.25, 0.3) is 0 Å². The standard InChI is InChI=1S/C5H10O5/c6-1-3(8)5(10)4(9)2-7/h1,3-5,7-10H,2H2/t3-,4+,5+/m0/s1/i1D,2D,3D,4D,5D/t2?,3-,4+,5+. The topological polar surface area (TPSA) is 98.0 Å². The molecule has 0 radical (unpaired) electrons. The van der Waals surface area contributed by atoms with E-state index in [1.165, 1.54) is 0 Å². The molecular weight excluding hydrogens is 140 g/mol. The van der Waals surface area contributed by atoms with Gasteiger partial charge in [-0.05, 0) is 0 Å². The van der Waals surface area contributed by atoms with Crippen LogP contribution in [0.3, 0.4) is 0 Å². The summed E-state index contributed by atoms with van der Waals surface area (Å²) in [6.07, 6.45) is -13.7. The Bertz CT molecular complexity index is 263. The van der Waals surface area contributed by atoms with Crippen LogP contribution in [0.25, 0.3) is 0 Å². The third-order valence-electron chi connectivity index (χ3n) is 0.686. The van der Waals surface area contributed by atoms with Crippen LogP contribution in [-0.4, -0.2) is 51.5 Å². The molecule has 1 unspecified atom stereocenters. The lowest BCUT2D eigenvalue weighted by atomic mass is 10.1. The summed E-state index contributed by atoms with van der Waals surface area (Å²) in [4.78, 5) is 10.4. The number of hydrogen-bond donors (Lipinski definition) is 4. The molecule has 0 aliphatic heterocycles. The van der Waals surface area contributed by atoms with Gasteiger partial charge >= 0.3 is 0 Å². The van der Waals surface area contributed by atoms with Crippen LogP contribution >= 0.6 is 0 Å². The Labute approximate surface area is 64.6 Å². The van der Waals surface area contributed by atoms with Gasteiger partial charge in [0.1, 0.15) is 19.6 Å². The van der Waals surface area contributed by atoms with E-state index in [1.807, 2.05) is 0 Å². The first-order valence-electron chi connectivity index (χ1n) is 4.75. The van der Waals surface area contributed by atoms with Crippen LogP contribution in [0.1, 0.15) is 6.85 Å². The Morgan fingerprint density at radius 2 is 2.20 bits per heavy atom. The maximum Gasteiger partial charge on any atom is 0.151 e. The molecule has 5 nitrogen and oxygen atoms in total. The van der Waals surface area contributed by atoms with Gasteiger partial charge in [-0.15, -0.1) is 0 Å². The number of aliphatic hydroxyl groups is 4. The summed E-state index contributed by atoms with van der Waals surface area (Å²) in [5.41, 5.74) is 0. The van der Waals surface area contributed by atoms with Crippen molar-refractivity contribution in [1.82, 2.24) is 0 Å². The SMILES string of the molecule is [2H]C(=O)[C@]([2H])(O)[C@@]([2H])(O)[C@]([2H])(O)C([2H])O. The fourth-order valence-corrected chi connectivity index (χ4v) is 0.231. The van der Waals surface area contributed by atoms with Crippen molar-refractivity contribution in [3.8, 4) is 0 Å². The third-order valence-corrected chi connectivity index (χ3v) is 0.686. The van der Waals surface area contributed by atoms with Gasteiger partial charge in [0.05, 0.1) is 12.1 Å². The van der Waals surface area contributed by atoms with Crippen molar-refractivity contribution < 1.29 is 32.1 Å². The van der Waals surface area contributed by atoms with Gasteiger partial charge in [-0.3, -0.25) is 0 Å². The van der Waals surface area contributed by atoms with Crippen molar-refractivity contribution in [1.29, 1.82) is 0 Å². The van der Waals surface area contributed by atoms with E-state index in [2.05, 4.69) is 0 Å². The molecule has 60 valence electrons. The Balaban J connectivity index is 5.40. The fraction of sp³-hybridized carbons (Fsp3) is 0.800. The first-order valence-corrected chi connectivity index (χ1v) is 2.17. The number of carbonyl (C=O) groups excluding carboxylic acids is 1. The highest BCUT2D eigenvalue weighted by Gasteiger charge is 2.22. The van der Waals surface area contributed by atoms with Gasteiger partial charge in [-0.2, -0.15) is 0 Å². The lowest BCUT2D eigenvalue weighted by Crippen LogP contribution is -2.40. The monoisotopic (exact) mass is 155 g/mol. The van der Waals surface area contributed by atoms with Crippen molar-refractivity contribution in [3.63, 3.8) is 0 Å². The fourth-order valence-electron chi connectivity index (χ4n) is 0.231. The summed E-state index contributed by atoms with van der Waals surface area (Å²) in [6.45, 7) is -2.77. The Morgan fingerprint density at radius 1 is 1.70 bits per heavy atom. The number of rotatable bonds is 4. The summed E-state index contributed by atoms with van der Waals surface area (Å²) in [5, 5.41) is 35.5. The zero-order valence-electron chi connectivity index (χ0n) is 9.77. The second-order valence-corrected chi connectivity index (χ2v) is 1.31. The van der Waals surface area contributed by atoms with Crippen LogP contribution in [0.4, 0.5) is 0 Å². The minimum atomic E-state index is -3.94. The summed E-state index contributed by atoms with van der Waals surface area (Å²) in [6, 6.07) is 0. The largest absolute Gasteiger partial charge is 0.394 e. The van der Waals surface area contributed by atoms with Crippen LogP contribution in [-0.2, 0) is 4.79 Å². The molecule has 0 amide bonds. The maximum absolute atomic E-state index is 10.4. The molecule has 0 aliphatic carbocycles. The highest BCUT2D eigenvalue weighted by molar-refractivity contribution is 5.56. The van der Waals surface area contributed by atoms with Crippen molar-refractivity contribution in [3.05, 3.63) is 0 Å². The lowest BCUT2D eigenvalue weighted by Gasteiger charge is -2.16. The molecule has 0 bridgehead atoms. The summed E-state index contributed by atoms with van der Waals surface area (Å²) >= 11 is 0. The van der Waals surface area contributed by atoms with E-state index in [0.29, 0.717) is 0 Å². The minimum absolute atomic E-state index is 2.16. The van der Waals surface area contributed by atoms with Gasteiger partial charge in [0, 0.05) is 0 Å². The van der Waals surface area contributed by atoms with Gasteiger partial charge in [-0.1, -0.05) is 0 Å². The van der Waals surface area contributed by atoms with Crippen LogP contribution in [0.5, 0.6) is 0 Å². The van der Waals surface area contributed by atoms with Gasteiger partial charge in [0.15, 0.2) is 6.26 Å². The average Bonchev–Trinajstić information content (AvgIpc) is 2.02. The summed E-state index contributed by atoms with van der Waals surface area (Å²) < 4.78 is 33.3. The second kappa shape index (κ2) is 4.35. The van der Waals surface area contributed by atoms with E-state index in [9.17, 15) is 4.79 Å². The van der Waals surface area contributed by atoms with Gasteiger partial charge in [-0.25, -0.2) is 0 Å². The van der Waals surface area contributed by atoms with Gasteiger partial charge in [0.2, 0.25) is 0 Å². The Hall–Kier alpha value is -0.490. The van der Waals surface area contributed by atoms with Crippen LogP contribution in [0.2, 0.25) is 0 Å². The number of hydrogen-bond acceptors (Lipinski definition) is 5. The first-order chi connectivity index (χ1) is 6.39. The number of aliphatic hydroxyl groups excluding tert-OH is 1. The summed E-state index contributed by atoms with van der Waals surface area (Å²) in [5.74, 6) is 0. The van der Waals surface area contributed by atoms with E-state index < -0.39 is 31.1 Å². The molecule has 0 aromatic rings. The smallest absolute Gasteiger partial charge is 0.151 e. The Morgan fingerprint density at radius 3 is 2.50 bits per heavy atom. The molecule has 0 aromatic carbocycles. The zero-order valence-corrected chi connectivity index (χ0v) is 4.77. The molecule has 4 atom stereocenters. The maximum atomic E-state index is 10.4. The van der Waals surface area contributed by atoms with E-state index in [0.717, 1.165) is 0 Å². The zero-order chi connectivity index (χ0) is 12.7. The van der Waals surface area contributed by atoms with Crippen LogP contribution < -0.4 is 0 Å². The third kappa shape index (κ3) is 2.40. The van der Waals surface area contributed by atoms with Crippen molar-refractivity contribution in [2.75, 3.05) is 6.58 Å². The van der Waals surface area contributed by atoms with E-state index in [1.54, 1.807) is 0 Å². The molecule has 0 aliphatic rings. The quantitative estimate of drug-likeness (QED) is 0.330. The molecule has 0 heterocycles. The average molecular weight is 155 g/mol. The molecule has 5 heteroatoms. The van der Waals surface area contributed by atoms with Crippen molar-refractivity contribution >= 4 is 6.26 Å². The highest BCUT2D eigenvalue weighted by Crippen LogP contribution is 1.96. The minimum Gasteiger partial charge on any atom is -0.394 e. The molecule has 0 fully saturated rings.